The number of imidazole rings is 1. The SMILES string of the molecule is CCC(Cc1ccco1)NCc1nc2ccc(Cl)cc2[nH]1. The van der Waals surface area contributed by atoms with Crippen molar-refractivity contribution in [3.63, 3.8) is 0 Å². The minimum Gasteiger partial charge on any atom is -0.469 e. The Kier molecular flexibility index (Phi) is 4.27. The van der Waals surface area contributed by atoms with E-state index in [0.29, 0.717) is 12.6 Å². The van der Waals surface area contributed by atoms with Gasteiger partial charge in [0, 0.05) is 17.5 Å². The van der Waals surface area contributed by atoms with Gasteiger partial charge in [0.15, 0.2) is 0 Å². The highest BCUT2D eigenvalue weighted by molar-refractivity contribution is 6.31. The van der Waals surface area contributed by atoms with E-state index < -0.39 is 0 Å². The van der Waals surface area contributed by atoms with Crippen molar-refractivity contribution >= 4 is 22.6 Å². The molecule has 1 unspecified atom stereocenters. The summed E-state index contributed by atoms with van der Waals surface area (Å²) < 4.78 is 5.40. The van der Waals surface area contributed by atoms with Crippen LogP contribution >= 0.6 is 11.6 Å². The molecule has 3 aromatic rings. The number of H-pyrrole nitrogens is 1. The molecule has 1 atom stereocenters. The number of nitrogens with zero attached hydrogens (tertiary/aromatic N) is 1. The average Bonchev–Trinajstić information content (AvgIpc) is 3.11. The molecule has 0 aliphatic carbocycles. The number of hydrogen-bond donors (Lipinski definition) is 2. The van der Waals surface area contributed by atoms with Gasteiger partial charge < -0.3 is 14.7 Å². The Morgan fingerprint density at radius 1 is 1.38 bits per heavy atom. The van der Waals surface area contributed by atoms with Crippen LogP contribution in [0, 0.1) is 0 Å². The third-order valence-electron chi connectivity index (χ3n) is 3.57. The standard InChI is InChI=1S/C16H18ClN3O/c1-2-12(9-13-4-3-7-21-13)18-10-16-19-14-6-5-11(17)8-15(14)20-16/h3-8,12,18H,2,9-10H2,1H3,(H,19,20). The molecule has 110 valence electrons. The predicted octanol–water partition coefficient (Wildman–Crippen LogP) is 3.92. The maximum absolute atomic E-state index is 5.98. The van der Waals surface area contributed by atoms with Crippen molar-refractivity contribution in [1.29, 1.82) is 0 Å². The molecule has 0 saturated heterocycles. The van der Waals surface area contributed by atoms with Crippen LogP contribution in [0.3, 0.4) is 0 Å². The number of fused-ring (bicyclic) bond motifs is 1. The number of nitrogens with one attached hydrogen (secondary N) is 2. The van der Waals surface area contributed by atoms with Crippen LogP contribution in [0.5, 0.6) is 0 Å². The first-order valence-corrected chi connectivity index (χ1v) is 7.52. The van der Waals surface area contributed by atoms with E-state index in [0.717, 1.165) is 40.5 Å². The van der Waals surface area contributed by atoms with Crippen molar-refractivity contribution in [3.8, 4) is 0 Å². The summed E-state index contributed by atoms with van der Waals surface area (Å²) in [4.78, 5) is 7.85. The number of rotatable bonds is 6. The maximum Gasteiger partial charge on any atom is 0.121 e. The van der Waals surface area contributed by atoms with Crippen LogP contribution in [0.15, 0.2) is 41.0 Å². The molecule has 2 aromatic heterocycles. The Bertz CT molecular complexity index is 705. The quantitative estimate of drug-likeness (QED) is 0.725. The molecule has 0 aliphatic heterocycles. The van der Waals surface area contributed by atoms with Gasteiger partial charge in [0.25, 0.3) is 0 Å². The van der Waals surface area contributed by atoms with Crippen LogP contribution < -0.4 is 5.32 Å². The second kappa shape index (κ2) is 6.33. The molecule has 3 rings (SSSR count). The first-order chi connectivity index (χ1) is 10.2. The fraction of sp³-hybridized carbons (Fsp3) is 0.312. The molecule has 21 heavy (non-hydrogen) atoms. The Labute approximate surface area is 128 Å². The normalized spacial score (nSPS) is 12.9. The van der Waals surface area contributed by atoms with Gasteiger partial charge in [-0.1, -0.05) is 18.5 Å². The van der Waals surface area contributed by atoms with Gasteiger partial charge in [0.2, 0.25) is 0 Å². The molecule has 0 spiro atoms. The number of aromatic amines is 1. The molecule has 0 bridgehead atoms. The lowest BCUT2D eigenvalue weighted by molar-refractivity contribution is 0.429. The summed E-state index contributed by atoms with van der Waals surface area (Å²) in [6.07, 6.45) is 3.63. The highest BCUT2D eigenvalue weighted by Gasteiger charge is 2.10. The van der Waals surface area contributed by atoms with Gasteiger partial charge in [-0.25, -0.2) is 4.98 Å². The summed E-state index contributed by atoms with van der Waals surface area (Å²) in [6, 6.07) is 9.98. The molecule has 0 amide bonds. The predicted molar refractivity (Wildman–Crippen MR) is 84.4 cm³/mol. The molecule has 0 saturated carbocycles. The number of hydrogen-bond acceptors (Lipinski definition) is 3. The van der Waals surface area contributed by atoms with Gasteiger partial charge in [0.1, 0.15) is 11.6 Å². The number of aromatic nitrogens is 2. The van der Waals surface area contributed by atoms with Gasteiger partial charge in [-0.15, -0.1) is 0 Å². The smallest absolute Gasteiger partial charge is 0.121 e. The number of furan rings is 1. The van der Waals surface area contributed by atoms with Crippen molar-refractivity contribution in [2.24, 2.45) is 0 Å². The minimum absolute atomic E-state index is 0.368. The Morgan fingerprint density at radius 2 is 2.29 bits per heavy atom. The summed E-state index contributed by atoms with van der Waals surface area (Å²) in [5, 5.41) is 4.23. The van der Waals surface area contributed by atoms with Crippen LogP contribution in [0.25, 0.3) is 11.0 Å². The van der Waals surface area contributed by atoms with Crippen molar-refractivity contribution in [2.45, 2.75) is 32.4 Å². The molecular formula is C16H18ClN3O. The molecular weight excluding hydrogens is 286 g/mol. The van der Waals surface area contributed by atoms with E-state index in [1.165, 1.54) is 0 Å². The maximum atomic E-state index is 5.98. The van der Waals surface area contributed by atoms with E-state index in [1.54, 1.807) is 6.26 Å². The zero-order chi connectivity index (χ0) is 14.7. The van der Waals surface area contributed by atoms with Crippen LogP contribution in [-0.4, -0.2) is 16.0 Å². The van der Waals surface area contributed by atoms with Gasteiger partial charge in [-0.05, 0) is 36.8 Å². The van der Waals surface area contributed by atoms with Crippen LogP contribution in [-0.2, 0) is 13.0 Å². The molecule has 0 fully saturated rings. The van der Waals surface area contributed by atoms with Crippen molar-refractivity contribution in [2.75, 3.05) is 0 Å². The Hall–Kier alpha value is -1.78. The Morgan fingerprint density at radius 3 is 3.05 bits per heavy atom. The topological polar surface area (TPSA) is 53.9 Å². The molecule has 2 N–H and O–H groups in total. The lowest BCUT2D eigenvalue weighted by Crippen LogP contribution is -2.30. The number of benzene rings is 1. The molecule has 0 aliphatic rings. The fourth-order valence-corrected chi connectivity index (χ4v) is 2.56. The van der Waals surface area contributed by atoms with Gasteiger partial charge in [0.05, 0.1) is 23.8 Å². The van der Waals surface area contributed by atoms with Crippen LogP contribution in [0.1, 0.15) is 24.9 Å². The molecule has 1 aromatic carbocycles. The summed E-state index contributed by atoms with van der Waals surface area (Å²) in [5.74, 6) is 1.93. The van der Waals surface area contributed by atoms with Crippen LogP contribution in [0.2, 0.25) is 5.02 Å². The molecule has 4 nitrogen and oxygen atoms in total. The zero-order valence-corrected chi connectivity index (χ0v) is 12.7. The first-order valence-electron chi connectivity index (χ1n) is 7.14. The summed E-state index contributed by atoms with van der Waals surface area (Å²) in [6.45, 7) is 2.87. The third-order valence-corrected chi connectivity index (χ3v) is 3.81. The van der Waals surface area contributed by atoms with Crippen molar-refractivity contribution < 1.29 is 4.42 Å². The van der Waals surface area contributed by atoms with E-state index in [4.69, 9.17) is 16.0 Å². The summed E-state index contributed by atoms with van der Waals surface area (Å²) in [7, 11) is 0. The second-order valence-electron chi connectivity index (χ2n) is 5.11. The zero-order valence-electron chi connectivity index (χ0n) is 11.9. The minimum atomic E-state index is 0.368. The second-order valence-corrected chi connectivity index (χ2v) is 5.55. The van der Waals surface area contributed by atoms with Gasteiger partial charge >= 0.3 is 0 Å². The fourth-order valence-electron chi connectivity index (χ4n) is 2.39. The molecule has 2 heterocycles. The average molecular weight is 304 g/mol. The lowest BCUT2D eigenvalue weighted by atomic mass is 10.1. The monoisotopic (exact) mass is 303 g/mol. The van der Waals surface area contributed by atoms with Crippen LogP contribution in [0.4, 0.5) is 0 Å². The highest BCUT2D eigenvalue weighted by Crippen LogP contribution is 2.17. The molecule has 5 heteroatoms. The van der Waals surface area contributed by atoms with Crippen molar-refractivity contribution in [3.05, 3.63) is 53.2 Å². The molecule has 0 radical (unpaired) electrons. The van der Waals surface area contributed by atoms with E-state index in [2.05, 4.69) is 22.2 Å². The Balaban J connectivity index is 1.64. The van der Waals surface area contributed by atoms with E-state index in [-0.39, 0.29) is 0 Å². The summed E-state index contributed by atoms with van der Waals surface area (Å²) >= 11 is 5.98. The third kappa shape index (κ3) is 3.46. The largest absolute Gasteiger partial charge is 0.469 e. The van der Waals surface area contributed by atoms with E-state index in [1.807, 2.05) is 30.3 Å². The highest BCUT2D eigenvalue weighted by atomic mass is 35.5. The van der Waals surface area contributed by atoms with E-state index >= 15 is 0 Å². The first kappa shape index (κ1) is 14.2. The van der Waals surface area contributed by atoms with Gasteiger partial charge in [-0.2, -0.15) is 0 Å². The number of halogens is 1. The lowest BCUT2D eigenvalue weighted by Gasteiger charge is -2.14. The van der Waals surface area contributed by atoms with E-state index in [9.17, 15) is 0 Å². The summed E-state index contributed by atoms with van der Waals surface area (Å²) in [5.41, 5.74) is 1.91. The van der Waals surface area contributed by atoms with Gasteiger partial charge in [-0.3, -0.25) is 0 Å². The van der Waals surface area contributed by atoms with Crippen molar-refractivity contribution in [1.82, 2.24) is 15.3 Å².